The van der Waals surface area contributed by atoms with Crippen LogP contribution in [-0.4, -0.2) is 50.0 Å². The summed E-state index contributed by atoms with van der Waals surface area (Å²) in [5.41, 5.74) is 2.99. The van der Waals surface area contributed by atoms with Crippen LogP contribution in [0.5, 0.6) is 11.5 Å². The van der Waals surface area contributed by atoms with Crippen molar-refractivity contribution in [2.75, 3.05) is 24.6 Å². The molecule has 0 aliphatic heterocycles. The fourth-order valence-corrected chi connectivity index (χ4v) is 4.75. The third-order valence-electron chi connectivity index (χ3n) is 6.10. The van der Waals surface area contributed by atoms with Crippen molar-refractivity contribution < 1.29 is 28.2 Å². The van der Waals surface area contributed by atoms with E-state index in [1.807, 2.05) is 62.4 Å². The molecule has 0 spiro atoms. The summed E-state index contributed by atoms with van der Waals surface area (Å²) in [6, 6.07) is 19.7. The van der Waals surface area contributed by atoms with Crippen molar-refractivity contribution in [2.24, 2.45) is 0 Å². The molecule has 0 saturated carbocycles. The summed E-state index contributed by atoms with van der Waals surface area (Å²) in [5, 5.41) is 26.9. The van der Waals surface area contributed by atoms with E-state index in [-0.39, 0.29) is 35.8 Å². The van der Waals surface area contributed by atoms with E-state index in [0.717, 1.165) is 28.7 Å². The molecule has 5 N–H and O–H groups in total. The normalized spacial score (nSPS) is 12.5. The molecule has 39 heavy (non-hydrogen) atoms. The molecule has 9 nitrogen and oxygen atoms in total. The highest BCUT2D eigenvalue weighted by atomic mass is 32.2. The zero-order chi connectivity index (χ0) is 28.6. The molecule has 0 heterocycles. The van der Waals surface area contributed by atoms with E-state index in [2.05, 4.69) is 15.4 Å². The van der Waals surface area contributed by atoms with Gasteiger partial charge in [0.15, 0.2) is 0 Å². The summed E-state index contributed by atoms with van der Waals surface area (Å²) in [4.78, 5) is 12.5. The topological polar surface area (TPSA) is 137 Å². The van der Waals surface area contributed by atoms with Gasteiger partial charge in [-0.3, -0.25) is 9.52 Å². The molecule has 3 aromatic carbocycles. The summed E-state index contributed by atoms with van der Waals surface area (Å²) in [6.07, 6.45) is 0.970. The van der Waals surface area contributed by atoms with E-state index in [9.17, 15) is 23.4 Å². The predicted molar refractivity (Wildman–Crippen MR) is 152 cm³/mol. The molecule has 0 aliphatic carbocycles. The number of nitrogens with one attached hydrogen (secondary N) is 3. The predicted octanol–water partition coefficient (Wildman–Crippen LogP) is 3.28. The Balaban J connectivity index is 1.55. The number of methoxy groups -OCH3 is 1. The van der Waals surface area contributed by atoms with Crippen molar-refractivity contribution >= 4 is 21.6 Å². The summed E-state index contributed by atoms with van der Waals surface area (Å²) >= 11 is 0. The molecule has 0 unspecified atom stereocenters. The van der Waals surface area contributed by atoms with E-state index >= 15 is 0 Å². The Hall–Kier alpha value is -3.60. The number of anilines is 1. The molecular weight excluding hydrogens is 518 g/mol. The number of hydrogen-bond acceptors (Lipinski definition) is 7. The Morgan fingerprint density at radius 3 is 2.41 bits per heavy atom. The summed E-state index contributed by atoms with van der Waals surface area (Å²) < 4.78 is 30.5. The quantitative estimate of drug-likeness (QED) is 0.204. The molecule has 0 bridgehead atoms. The lowest BCUT2D eigenvalue weighted by Crippen LogP contribution is -2.43. The first kappa shape index (κ1) is 29.9. The number of hydrogen-bond donors (Lipinski definition) is 5. The van der Waals surface area contributed by atoms with Crippen molar-refractivity contribution in [3.63, 3.8) is 0 Å². The van der Waals surface area contributed by atoms with Crippen LogP contribution >= 0.6 is 0 Å². The Kier molecular flexibility index (Phi) is 9.96. The summed E-state index contributed by atoms with van der Waals surface area (Å²) in [7, 11) is -1.97. The van der Waals surface area contributed by atoms with Crippen molar-refractivity contribution in [1.29, 1.82) is 0 Å². The number of phenolic OH excluding ortho intramolecular Hbond substituents is 1. The van der Waals surface area contributed by atoms with Gasteiger partial charge in [0.05, 0.1) is 31.6 Å². The first-order valence-corrected chi connectivity index (χ1v) is 14.4. The monoisotopic (exact) mass is 555 g/mol. The largest absolute Gasteiger partial charge is 0.506 e. The number of aliphatic hydroxyl groups excluding tert-OH is 1. The van der Waals surface area contributed by atoms with E-state index < -0.39 is 16.1 Å². The SMILES string of the molecule is COc1cccc(CNC(=O)Cc2cccc(CC(C)(C)NC[C@H](O)c3ccc(O)c(NS(C)(=O)=O)c3)c2)c1. The number of carbonyl (C=O) groups is 1. The lowest BCUT2D eigenvalue weighted by Gasteiger charge is -2.28. The number of amides is 1. The highest BCUT2D eigenvalue weighted by Gasteiger charge is 2.21. The highest BCUT2D eigenvalue weighted by Crippen LogP contribution is 2.28. The number of phenols is 1. The fourth-order valence-electron chi connectivity index (χ4n) is 4.19. The van der Waals surface area contributed by atoms with Crippen LogP contribution in [0.2, 0.25) is 0 Å². The van der Waals surface area contributed by atoms with Crippen LogP contribution in [0, 0.1) is 0 Å². The van der Waals surface area contributed by atoms with Crippen LogP contribution in [0.4, 0.5) is 5.69 Å². The minimum absolute atomic E-state index is 0.0117. The maximum absolute atomic E-state index is 12.5. The highest BCUT2D eigenvalue weighted by molar-refractivity contribution is 7.92. The zero-order valence-electron chi connectivity index (χ0n) is 22.7. The number of benzene rings is 3. The number of β-amino-alcohol motifs (C(OH)–C–C–N with tert-alkyl or cyclic N) is 1. The molecule has 0 radical (unpaired) electrons. The van der Waals surface area contributed by atoms with Gasteiger partial charge in [0.25, 0.3) is 0 Å². The average Bonchev–Trinajstić information content (AvgIpc) is 2.86. The van der Waals surface area contributed by atoms with Crippen molar-refractivity contribution in [3.05, 3.63) is 89.0 Å². The second-order valence-corrected chi connectivity index (χ2v) is 12.0. The van der Waals surface area contributed by atoms with Gasteiger partial charge in [0.1, 0.15) is 11.5 Å². The first-order chi connectivity index (χ1) is 18.3. The van der Waals surface area contributed by atoms with Gasteiger partial charge in [0.2, 0.25) is 15.9 Å². The number of ether oxygens (including phenoxy) is 1. The van der Waals surface area contributed by atoms with E-state index in [4.69, 9.17) is 4.74 Å². The Bertz CT molecular complexity index is 1390. The van der Waals surface area contributed by atoms with Gasteiger partial charge in [-0.25, -0.2) is 8.42 Å². The number of aromatic hydroxyl groups is 1. The van der Waals surface area contributed by atoms with Gasteiger partial charge in [-0.2, -0.15) is 0 Å². The van der Waals surface area contributed by atoms with Gasteiger partial charge in [-0.05, 0) is 66.8 Å². The maximum atomic E-state index is 12.5. The van der Waals surface area contributed by atoms with Gasteiger partial charge in [-0.1, -0.05) is 42.5 Å². The average molecular weight is 556 g/mol. The molecule has 0 saturated heterocycles. The molecular formula is C29H37N3O6S. The van der Waals surface area contributed by atoms with Crippen LogP contribution in [0.25, 0.3) is 0 Å². The summed E-state index contributed by atoms with van der Waals surface area (Å²) in [6.45, 7) is 4.66. The van der Waals surface area contributed by atoms with Crippen molar-refractivity contribution in [2.45, 2.75) is 44.9 Å². The molecule has 1 amide bonds. The van der Waals surface area contributed by atoms with Crippen molar-refractivity contribution in [1.82, 2.24) is 10.6 Å². The van der Waals surface area contributed by atoms with Crippen LogP contribution < -0.4 is 20.1 Å². The molecule has 10 heteroatoms. The standard InChI is InChI=1S/C29H37N3O6S/c1-29(2,31-19-27(34)23-11-12-26(33)25(16-23)32-39(4,36)37)17-21-8-5-7-20(13-21)15-28(35)30-18-22-9-6-10-24(14-22)38-3/h5-14,16,27,31-34H,15,17-19H2,1-4H3,(H,30,35)/t27-/m0/s1. The molecule has 3 aromatic rings. The lowest BCUT2D eigenvalue weighted by atomic mass is 9.93. The zero-order valence-corrected chi connectivity index (χ0v) is 23.5. The lowest BCUT2D eigenvalue weighted by molar-refractivity contribution is -0.120. The van der Waals surface area contributed by atoms with E-state index in [1.165, 1.54) is 12.1 Å². The molecule has 0 fully saturated rings. The smallest absolute Gasteiger partial charge is 0.229 e. The van der Waals surface area contributed by atoms with Crippen LogP contribution in [0.3, 0.4) is 0 Å². The van der Waals surface area contributed by atoms with E-state index in [1.54, 1.807) is 13.2 Å². The second kappa shape index (κ2) is 13.0. The molecule has 0 aromatic heterocycles. The Labute approximate surface area is 230 Å². The number of rotatable bonds is 13. The molecule has 3 rings (SSSR count). The third kappa shape index (κ3) is 9.90. The van der Waals surface area contributed by atoms with Crippen LogP contribution in [0.15, 0.2) is 66.7 Å². The minimum atomic E-state index is -3.58. The third-order valence-corrected chi connectivity index (χ3v) is 6.69. The fraction of sp³-hybridized carbons (Fsp3) is 0.345. The Morgan fingerprint density at radius 1 is 1.00 bits per heavy atom. The molecule has 210 valence electrons. The first-order valence-electron chi connectivity index (χ1n) is 12.5. The van der Waals surface area contributed by atoms with Gasteiger partial charge < -0.3 is 25.6 Å². The van der Waals surface area contributed by atoms with Crippen molar-refractivity contribution in [3.8, 4) is 11.5 Å². The van der Waals surface area contributed by atoms with Crippen LogP contribution in [-0.2, 0) is 34.2 Å². The Morgan fingerprint density at radius 2 is 1.69 bits per heavy atom. The number of aliphatic hydroxyl groups is 1. The van der Waals surface area contributed by atoms with Gasteiger partial charge in [-0.15, -0.1) is 0 Å². The van der Waals surface area contributed by atoms with Gasteiger partial charge >= 0.3 is 0 Å². The molecule has 0 aliphatic rings. The minimum Gasteiger partial charge on any atom is -0.506 e. The summed E-state index contributed by atoms with van der Waals surface area (Å²) in [5.74, 6) is 0.447. The van der Waals surface area contributed by atoms with Gasteiger partial charge in [0, 0.05) is 18.6 Å². The molecule has 1 atom stereocenters. The van der Waals surface area contributed by atoms with E-state index in [0.29, 0.717) is 18.5 Å². The van der Waals surface area contributed by atoms with Crippen LogP contribution in [0.1, 0.15) is 42.2 Å². The number of carbonyl (C=O) groups excluding carboxylic acids is 1. The second-order valence-electron chi connectivity index (χ2n) is 10.2. The maximum Gasteiger partial charge on any atom is 0.229 e. The number of sulfonamides is 1.